The number of hydrogen-bond donors (Lipinski definition) is 2. The molecular formula is C8H19N3O. The van der Waals surface area contributed by atoms with Crippen molar-refractivity contribution in [2.24, 2.45) is 5.73 Å². The molecule has 0 aliphatic carbocycles. The zero-order chi connectivity index (χ0) is 9.56. The largest absolute Gasteiger partial charge is 0.335 e. The highest BCUT2D eigenvalue weighted by Crippen LogP contribution is 1.96. The lowest BCUT2D eigenvalue weighted by atomic mass is 10.1. The van der Waals surface area contributed by atoms with Gasteiger partial charge in [-0.3, -0.25) is 0 Å². The number of carbonyl (C=O) groups excluding carboxylic acids is 1. The molecular weight excluding hydrogens is 154 g/mol. The summed E-state index contributed by atoms with van der Waals surface area (Å²) in [6.45, 7) is 2.66. The molecule has 0 radical (unpaired) electrons. The molecule has 1 unspecified atom stereocenters. The Balaban J connectivity index is 3.77. The first-order valence-corrected chi connectivity index (χ1v) is 4.29. The smallest absolute Gasteiger partial charge is 0.317 e. The Labute approximate surface area is 74.1 Å². The van der Waals surface area contributed by atoms with Crippen LogP contribution in [0.15, 0.2) is 0 Å². The van der Waals surface area contributed by atoms with Crippen LogP contribution in [0.25, 0.3) is 0 Å². The third-order valence-corrected chi connectivity index (χ3v) is 1.74. The standard InChI is InChI=1S/C8H19N3O/c1-4-7(5-6-9)10-8(12)11(2)3/h7H,4-6,9H2,1-3H3,(H,10,12). The van der Waals surface area contributed by atoms with E-state index in [1.54, 1.807) is 14.1 Å². The highest BCUT2D eigenvalue weighted by molar-refractivity contribution is 5.73. The molecule has 0 aromatic heterocycles. The van der Waals surface area contributed by atoms with Crippen LogP contribution in [0, 0.1) is 0 Å². The first-order valence-electron chi connectivity index (χ1n) is 4.29. The Kier molecular flexibility index (Phi) is 5.45. The fourth-order valence-corrected chi connectivity index (χ4v) is 0.883. The van der Waals surface area contributed by atoms with Crippen LogP contribution in [-0.4, -0.2) is 37.6 Å². The van der Waals surface area contributed by atoms with Gasteiger partial charge >= 0.3 is 6.03 Å². The molecule has 0 bridgehead atoms. The van der Waals surface area contributed by atoms with Gasteiger partial charge in [0.15, 0.2) is 0 Å². The quantitative estimate of drug-likeness (QED) is 0.646. The minimum Gasteiger partial charge on any atom is -0.335 e. The Morgan fingerprint density at radius 3 is 2.50 bits per heavy atom. The van der Waals surface area contributed by atoms with Gasteiger partial charge in [0.2, 0.25) is 0 Å². The summed E-state index contributed by atoms with van der Waals surface area (Å²) in [5, 5.41) is 2.87. The first kappa shape index (κ1) is 11.2. The molecule has 3 N–H and O–H groups in total. The van der Waals surface area contributed by atoms with Gasteiger partial charge in [-0.25, -0.2) is 4.79 Å². The van der Waals surface area contributed by atoms with Gasteiger partial charge in [0.25, 0.3) is 0 Å². The second kappa shape index (κ2) is 5.83. The molecule has 0 spiro atoms. The van der Waals surface area contributed by atoms with Crippen molar-refractivity contribution >= 4 is 6.03 Å². The molecule has 72 valence electrons. The number of carbonyl (C=O) groups is 1. The summed E-state index contributed by atoms with van der Waals surface area (Å²) in [6.07, 6.45) is 1.77. The lowest BCUT2D eigenvalue weighted by molar-refractivity contribution is 0.212. The van der Waals surface area contributed by atoms with E-state index in [0.717, 1.165) is 12.8 Å². The zero-order valence-corrected chi connectivity index (χ0v) is 8.13. The molecule has 2 amide bonds. The van der Waals surface area contributed by atoms with Crippen LogP contribution in [0.4, 0.5) is 4.79 Å². The third-order valence-electron chi connectivity index (χ3n) is 1.74. The van der Waals surface area contributed by atoms with E-state index in [9.17, 15) is 4.79 Å². The summed E-state index contributed by atoms with van der Waals surface area (Å²) in [6, 6.07) is 0.167. The zero-order valence-electron chi connectivity index (χ0n) is 8.13. The summed E-state index contributed by atoms with van der Waals surface area (Å²) in [5.41, 5.74) is 5.39. The van der Waals surface area contributed by atoms with Crippen LogP contribution >= 0.6 is 0 Å². The molecule has 4 heteroatoms. The number of rotatable bonds is 4. The molecule has 0 saturated heterocycles. The Morgan fingerprint density at radius 2 is 2.17 bits per heavy atom. The summed E-state index contributed by atoms with van der Waals surface area (Å²) in [7, 11) is 3.45. The van der Waals surface area contributed by atoms with Crippen LogP contribution in [0.2, 0.25) is 0 Å². The van der Waals surface area contributed by atoms with Gasteiger partial charge in [0.1, 0.15) is 0 Å². The number of urea groups is 1. The molecule has 4 nitrogen and oxygen atoms in total. The molecule has 0 aliphatic heterocycles. The number of amides is 2. The van der Waals surface area contributed by atoms with E-state index < -0.39 is 0 Å². The normalized spacial score (nSPS) is 12.3. The van der Waals surface area contributed by atoms with Gasteiger partial charge in [0, 0.05) is 20.1 Å². The summed E-state index contributed by atoms with van der Waals surface area (Å²) in [5.74, 6) is 0. The van der Waals surface area contributed by atoms with E-state index in [4.69, 9.17) is 5.73 Å². The minimum absolute atomic E-state index is 0.0460. The van der Waals surface area contributed by atoms with Gasteiger partial charge in [-0.05, 0) is 19.4 Å². The molecule has 0 aliphatic rings. The van der Waals surface area contributed by atoms with Crippen molar-refractivity contribution < 1.29 is 4.79 Å². The highest BCUT2D eigenvalue weighted by Gasteiger charge is 2.09. The molecule has 0 fully saturated rings. The Bertz CT molecular complexity index is 136. The molecule has 0 aromatic rings. The maximum atomic E-state index is 11.2. The fraction of sp³-hybridized carbons (Fsp3) is 0.875. The lowest BCUT2D eigenvalue weighted by Gasteiger charge is -2.19. The number of nitrogens with one attached hydrogen (secondary N) is 1. The van der Waals surface area contributed by atoms with Crippen molar-refractivity contribution in [3.63, 3.8) is 0 Å². The van der Waals surface area contributed by atoms with Crippen LogP contribution in [0.5, 0.6) is 0 Å². The second-order valence-corrected chi connectivity index (χ2v) is 3.03. The average Bonchev–Trinajstić information content (AvgIpc) is 2.03. The average molecular weight is 173 g/mol. The first-order chi connectivity index (χ1) is 5.61. The second-order valence-electron chi connectivity index (χ2n) is 3.03. The number of hydrogen-bond acceptors (Lipinski definition) is 2. The van der Waals surface area contributed by atoms with Gasteiger partial charge in [-0.2, -0.15) is 0 Å². The summed E-state index contributed by atoms with van der Waals surface area (Å²) >= 11 is 0. The van der Waals surface area contributed by atoms with E-state index in [0.29, 0.717) is 6.54 Å². The fourth-order valence-electron chi connectivity index (χ4n) is 0.883. The molecule has 0 rings (SSSR count). The van der Waals surface area contributed by atoms with Crippen molar-refractivity contribution in [1.29, 1.82) is 0 Å². The molecule has 0 heterocycles. The van der Waals surface area contributed by atoms with Gasteiger partial charge in [-0.15, -0.1) is 0 Å². The predicted molar refractivity (Wildman–Crippen MR) is 50.0 cm³/mol. The minimum atomic E-state index is -0.0460. The predicted octanol–water partition coefficient (Wildman–Crippen LogP) is 0.385. The van der Waals surface area contributed by atoms with Crippen LogP contribution in [0.1, 0.15) is 19.8 Å². The highest BCUT2D eigenvalue weighted by atomic mass is 16.2. The molecule has 0 saturated carbocycles. The SMILES string of the molecule is CCC(CCN)NC(=O)N(C)C. The van der Waals surface area contributed by atoms with E-state index in [1.807, 2.05) is 6.92 Å². The molecule has 0 aromatic carbocycles. The maximum Gasteiger partial charge on any atom is 0.317 e. The summed E-state index contributed by atoms with van der Waals surface area (Å²) < 4.78 is 0. The Morgan fingerprint density at radius 1 is 1.58 bits per heavy atom. The van der Waals surface area contributed by atoms with Crippen LogP contribution in [-0.2, 0) is 0 Å². The van der Waals surface area contributed by atoms with E-state index in [2.05, 4.69) is 5.32 Å². The number of nitrogens with two attached hydrogens (primary N) is 1. The Hall–Kier alpha value is -0.770. The lowest BCUT2D eigenvalue weighted by Crippen LogP contribution is -2.41. The van der Waals surface area contributed by atoms with Crippen molar-refractivity contribution in [1.82, 2.24) is 10.2 Å². The monoisotopic (exact) mass is 173 g/mol. The van der Waals surface area contributed by atoms with Crippen LogP contribution < -0.4 is 11.1 Å². The van der Waals surface area contributed by atoms with Crippen molar-refractivity contribution in [3.8, 4) is 0 Å². The topological polar surface area (TPSA) is 58.4 Å². The van der Waals surface area contributed by atoms with E-state index >= 15 is 0 Å². The van der Waals surface area contributed by atoms with Crippen molar-refractivity contribution in [2.75, 3.05) is 20.6 Å². The van der Waals surface area contributed by atoms with Gasteiger partial charge in [0.05, 0.1) is 0 Å². The van der Waals surface area contributed by atoms with Crippen molar-refractivity contribution in [2.45, 2.75) is 25.8 Å². The maximum absolute atomic E-state index is 11.2. The van der Waals surface area contributed by atoms with Gasteiger partial charge in [-0.1, -0.05) is 6.92 Å². The third kappa shape index (κ3) is 4.18. The van der Waals surface area contributed by atoms with E-state index in [-0.39, 0.29) is 12.1 Å². The number of nitrogens with zero attached hydrogens (tertiary/aromatic N) is 1. The van der Waals surface area contributed by atoms with E-state index in [1.165, 1.54) is 4.90 Å². The van der Waals surface area contributed by atoms with Gasteiger partial charge < -0.3 is 16.0 Å². The summed E-state index contributed by atoms with van der Waals surface area (Å²) in [4.78, 5) is 12.7. The van der Waals surface area contributed by atoms with Crippen molar-refractivity contribution in [3.05, 3.63) is 0 Å². The molecule has 1 atom stereocenters. The van der Waals surface area contributed by atoms with Crippen LogP contribution in [0.3, 0.4) is 0 Å². The molecule has 12 heavy (non-hydrogen) atoms.